The molecule has 0 aliphatic heterocycles. The molecule has 6 nitrogen and oxygen atoms in total. The van der Waals surface area contributed by atoms with Crippen LogP contribution in [-0.2, 0) is 0 Å². The lowest BCUT2D eigenvalue weighted by Gasteiger charge is -2.07. The molecule has 0 saturated carbocycles. The third-order valence-electron chi connectivity index (χ3n) is 4.32. The molecule has 0 bridgehead atoms. The molecule has 4 aromatic rings. The summed E-state index contributed by atoms with van der Waals surface area (Å²) in [6.45, 7) is 2.02. The van der Waals surface area contributed by atoms with Crippen molar-refractivity contribution in [3.05, 3.63) is 94.5 Å². The predicted octanol–water partition coefficient (Wildman–Crippen LogP) is 4.26. The van der Waals surface area contributed by atoms with Gasteiger partial charge in [0.2, 0.25) is 11.3 Å². The number of nitrogens with one attached hydrogen (secondary N) is 2. The van der Waals surface area contributed by atoms with Crippen LogP contribution in [0.5, 0.6) is 0 Å². The molecule has 2 aromatic heterocycles. The van der Waals surface area contributed by atoms with Crippen molar-refractivity contribution < 1.29 is 9.21 Å². The number of nitrogens with zero attached hydrogens (tertiary/aromatic N) is 1. The van der Waals surface area contributed by atoms with Gasteiger partial charge in [0.25, 0.3) is 5.91 Å². The van der Waals surface area contributed by atoms with E-state index in [-0.39, 0.29) is 11.1 Å². The highest BCUT2D eigenvalue weighted by Gasteiger charge is 2.17. The number of rotatable bonds is 4. The monoisotopic (exact) mass is 371 g/mol. The summed E-state index contributed by atoms with van der Waals surface area (Å²) in [6.07, 6.45) is 4.59. The zero-order valence-corrected chi connectivity index (χ0v) is 15.1. The maximum Gasteiger partial charge on any atom is 0.256 e. The van der Waals surface area contributed by atoms with E-state index in [2.05, 4.69) is 15.3 Å². The number of anilines is 1. The molecule has 4 rings (SSSR count). The molecule has 2 N–H and O–H groups in total. The number of carbonyl (C=O) groups is 1. The van der Waals surface area contributed by atoms with E-state index < -0.39 is 5.91 Å². The molecule has 138 valence electrons. The van der Waals surface area contributed by atoms with Gasteiger partial charge in [0, 0.05) is 29.6 Å². The maximum atomic E-state index is 12.7. The van der Waals surface area contributed by atoms with Crippen molar-refractivity contribution in [2.45, 2.75) is 6.92 Å². The summed E-state index contributed by atoms with van der Waals surface area (Å²) in [6, 6.07) is 16.2. The van der Waals surface area contributed by atoms with Crippen LogP contribution < -0.4 is 10.7 Å². The molecule has 28 heavy (non-hydrogen) atoms. The Morgan fingerprint density at radius 2 is 1.86 bits per heavy atom. The number of hydrogen-bond acceptors (Lipinski definition) is 4. The quantitative estimate of drug-likeness (QED) is 0.561. The van der Waals surface area contributed by atoms with Crippen LogP contribution in [0.25, 0.3) is 22.8 Å². The molecule has 1 amide bonds. The third-order valence-corrected chi connectivity index (χ3v) is 4.32. The van der Waals surface area contributed by atoms with Crippen LogP contribution >= 0.6 is 0 Å². The molecule has 2 aromatic carbocycles. The average molecular weight is 371 g/mol. The molecule has 2 heterocycles. The van der Waals surface area contributed by atoms with Gasteiger partial charge in [-0.15, -0.1) is 0 Å². The zero-order chi connectivity index (χ0) is 19.5. The van der Waals surface area contributed by atoms with Gasteiger partial charge in [-0.2, -0.15) is 0 Å². The summed E-state index contributed by atoms with van der Waals surface area (Å²) in [5, 5.41) is 2.63. The Bertz CT molecular complexity index is 1190. The fourth-order valence-electron chi connectivity index (χ4n) is 2.82. The molecular formula is C22H17N3O3. The molecule has 0 radical (unpaired) electrons. The SMILES string of the molecule is Cc1ccc(-c2cnc(-c3ccccc3C(=O)Nc3c[nH]ccc3=O)o2)cc1. The number of pyridine rings is 1. The van der Waals surface area contributed by atoms with Crippen molar-refractivity contribution in [2.24, 2.45) is 0 Å². The van der Waals surface area contributed by atoms with Crippen molar-refractivity contribution >= 4 is 11.6 Å². The lowest BCUT2D eigenvalue weighted by Crippen LogP contribution is -2.18. The minimum Gasteiger partial charge on any atom is -0.436 e. The van der Waals surface area contributed by atoms with E-state index >= 15 is 0 Å². The molecule has 0 aliphatic rings. The number of oxazole rings is 1. The van der Waals surface area contributed by atoms with Crippen molar-refractivity contribution in [1.29, 1.82) is 0 Å². The van der Waals surface area contributed by atoms with E-state index in [1.165, 1.54) is 18.5 Å². The third kappa shape index (κ3) is 3.48. The first-order valence-corrected chi connectivity index (χ1v) is 8.72. The lowest BCUT2D eigenvalue weighted by molar-refractivity contribution is 0.102. The van der Waals surface area contributed by atoms with Crippen LogP contribution in [0.4, 0.5) is 5.69 Å². The van der Waals surface area contributed by atoms with Gasteiger partial charge >= 0.3 is 0 Å². The van der Waals surface area contributed by atoms with Crippen LogP contribution in [0, 0.1) is 6.92 Å². The van der Waals surface area contributed by atoms with E-state index in [1.807, 2.05) is 31.2 Å². The van der Waals surface area contributed by atoms with E-state index in [0.717, 1.165) is 11.1 Å². The molecule has 0 spiro atoms. The first-order chi connectivity index (χ1) is 13.6. The highest BCUT2D eigenvalue weighted by atomic mass is 16.4. The Morgan fingerprint density at radius 3 is 2.64 bits per heavy atom. The summed E-state index contributed by atoms with van der Waals surface area (Å²) < 4.78 is 5.90. The van der Waals surface area contributed by atoms with Gasteiger partial charge in [-0.05, 0) is 19.1 Å². The van der Waals surface area contributed by atoms with E-state index in [9.17, 15) is 9.59 Å². The number of aromatic nitrogens is 2. The Balaban J connectivity index is 1.67. The average Bonchev–Trinajstić information content (AvgIpc) is 3.20. The number of carbonyl (C=O) groups excluding carboxylic acids is 1. The van der Waals surface area contributed by atoms with Gasteiger partial charge in [-0.25, -0.2) is 4.98 Å². The minimum atomic E-state index is -0.414. The van der Waals surface area contributed by atoms with Crippen LogP contribution in [0.2, 0.25) is 0 Å². The van der Waals surface area contributed by atoms with Gasteiger partial charge in [-0.3, -0.25) is 9.59 Å². The number of benzene rings is 2. The number of amides is 1. The Labute approximate surface area is 160 Å². The van der Waals surface area contributed by atoms with Crippen LogP contribution in [0.1, 0.15) is 15.9 Å². The first-order valence-electron chi connectivity index (χ1n) is 8.72. The van der Waals surface area contributed by atoms with Crippen LogP contribution in [0.15, 0.2) is 82.4 Å². The van der Waals surface area contributed by atoms with Crippen molar-refractivity contribution in [2.75, 3.05) is 5.32 Å². The van der Waals surface area contributed by atoms with Gasteiger partial charge in [0.1, 0.15) is 5.69 Å². The van der Waals surface area contributed by atoms with E-state index in [1.54, 1.807) is 30.5 Å². The van der Waals surface area contributed by atoms with Gasteiger partial charge in [0.15, 0.2) is 5.76 Å². The van der Waals surface area contributed by atoms with E-state index in [0.29, 0.717) is 22.8 Å². The zero-order valence-electron chi connectivity index (χ0n) is 15.1. The smallest absolute Gasteiger partial charge is 0.256 e. The van der Waals surface area contributed by atoms with Crippen molar-refractivity contribution in [1.82, 2.24) is 9.97 Å². The summed E-state index contributed by atoms with van der Waals surface area (Å²) >= 11 is 0. The fraction of sp³-hybridized carbons (Fsp3) is 0.0455. The summed E-state index contributed by atoms with van der Waals surface area (Å²) in [4.78, 5) is 31.7. The number of H-pyrrole nitrogens is 1. The normalized spacial score (nSPS) is 10.6. The fourth-order valence-corrected chi connectivity index (χ4v) is 2.82. The molecule has 0 unspecified atom stereocenters. The van der Waals surface area contributed by atoms with Gasteiger partial charge in [-0.1, -0.05) is 42.0 Å². The first kappa shape index (κ1) is 17.5. The molecule has 6 heteroatoms. The van der Waals surface area contributed by atoms with Crippen molar-refractivity contribution in [3.63, 3.8) is 0 Å². The highest BCUT2D eigenvalue weighted by Crippen LogP contribution is 2.28. The largest absolute Gasteiger partial charge is 0.436 e. The molecular weight excluding hydrogens is 354 g/mol. The summed E-state index contributed by atoms with van der Waals surface area (Å²) in [7, 11) is 0. The van der Waals surface area contributed by atoms with Crippen LogP contribution in [-0.4, -0.2) is 15.9 Å². The van der Waals surface area contributed by atoms with Crippen LogP contribution in [0.3, 0.4) is 0 Å². The van der Waals surface area contributed by atoms with Crippen molar-refractivity contribution in [3.8, 4) is 22.8 Å². The van der Waals surface area contributed by atoms with E-state index in [4.69, 9.17) is 4.42 Å². The summed E-state index contributed by atoms with van der Waals surface area (Å²) in [5.41, 5.74) is 2.87. The lowest BCUT2D eigenvalue weighted by atomic mass is 10.1. The predicted molar refractivity (Wildman–Crippen MR) is 107 cm³/mol. The Hall–Kier alpha value is -3.93. The second-order valence-corrected chi connectivity index (χ2v) is 6.32. The minimum absolute atomic E-state index is 0.176. The second-order valence-electron chi connectivity index (χ2n) is 6.32. The number of aromatic amines is 1. The highest BCUT2D eigenvalue weighted by molar-refractivity contribution is 6.08. The Kier molecular flexibility index (Phi) is 4.60. The van der Waals surface area contributed by atoms with Gasteiger partial charge < -0.3 is 14.7 Å². The standard InChI is InChI=1S/C22H17N3O3/c1-14-6-8-15(9-7-14)20-13-24-22(28-20)17-5-3-2-4-16(17)21(27)25-18-12-23-11-10-19(18)26/h2-13H,1H3,(H,23,26)(H,25,27). The molecule has 0 atom stereocenters. The summed E-state index contributed by atoms with van der Waals surface area (Å²) in [5.74, 6) is 0.537. The topological polar surface area (TPSA) is 88.0 Å². The molecule has 0 aliphatic carbocycles. The molecule has 0 fully saturated rings. The van der Waals surface area contributed by atoms with Gasteiger partial charge in [0.05, 0.1) is 11.8 Å². The second kappa shape index (κ2) is 7.36. The number of hydrogen-bond donors (Lipinski definition) is 2. The Morgan fingerprint density at radius 1 is 1.07 bits per heavy atom. The maximum absolute atomic E-state index is 12.7. The molecule has 0 saturated heterocycles. The number of aryl methyl sites for hydroxylation is 1.